The largest absolute Gasteiger partial charge is 0.287 e. The Labute approximate surface area is 87.8 Å². The Bertz CT molecular complexity index is 480. The molecule has 0 saturated heterocycles. The van der Waals surface area contributed by atoms with Crippen LogP contribution in [0.4, 0.5) is 0 Å². The predicted octanol–water partition coefficient (Wildman–Crippen LogP) is 2.02. The highest BCUT2D eigenvalue weighted by Crippen LogP contribution is 2.08. The zero-order chi connectivity index (χ0) is 10.7. The molecule has 0 aliphatic rings. The van der Waals surface area contributed by atoms with Gasteiger partial charge in [0.1, 0.15) is 12.0 Å². The van der Waals surface area contributed by atoms with E-state index in [2.05, 4.69) is 9.97 Å². The third kappa shape index (κ3) is 2.07. The zero-order valence-corrected chi connectivity index (χ0v) is 8.34. The summed E-state index contributed by atoms with van der Waals surface area (Å²) in [5.74, 6) is -0.0684. The average Bonchev–Trinajstić information content (AvgIpc) is 2.29. The first kappa shape index (κ1) is 9.52. The summed E-state index contributed by atoms with van der Waals surface area (Å²) in [6.07, 6.45) is 2.94. The molecule has 0 amide bonds. The molecule has 74 valence electrons. The SMILES string of the molecule is Cc1cccc(C(=O)c2ccncn2)c1. The van der Waals surface area contributed by atoms with Crippen LogP contribution < -0.4 is 0 Å². The Morgan fingerprint density at radius 2 is 2.13 bits per heavy atom. The number of aromatic nitrogens is 2. The molecule has 0 unspecified atom stereocenters. The molecule has 1 aromatic carbocycles. The monoisotopic (exact) mass is 198 g/mol. The van der Waals surface area contributed by atoms with Crippen LogP contribution in [0.15, 0.2) is 42.9 Å². The molecule has 3 nitrogen and oxygen atoms in total. The molecule has 1 aromatic heterocycles. The van der Waals surface area contributed by atoms with Crippen molar-refractivity contribution in [1.82, 2.24) is 9.97 Å². The van der Waals surface area contributed by atoms with Crippen LogP contribution >= 0.6 is 0 Å². The topological polar surface area (TPSA) is 42.9 Å². The second-order valence-electron chi connectivity index (χ2n) is 3.29. The van der Waals surface area contributed by atoms with Crippen LogP contribution in [0.5, 0.6) is 0 Å². The summed E-state index contributed by atoms with van der Waals surface area (Å²) in [5.41, 5.74) is 2.15. The maximum atomic E-state index is 11.9. The molecule has 0 N–H and O–H groups in total. The van der Waals surface area contributed by atoms with Crippen molar-refractivity contribution in [2.75, 3.05) is 0 Å². The molecule has 3 heteroatoms. The van der Waals surface area contributed by atoms with E-state index in [1.165, 1.54) is 6.33 Å². The van der Waals surface area contributed by atoms with Crippen molar-refractivity contribution in [1.29, 1.82) is 0 Å². The van der Waals surface area contributed by atoms with Gasteiger partial charge in [0.2, 0.25) is 5.78 Å². The highest BCUT2D eigenvalue weighted by Gasteiger charge is 2.09. The van der Waals surface area contributed by atoms with Gasteiger partial charge < -0.3 is 0 Å². The highest BCUT2D eigenvalue weighted by atomic mass is 16.1. The summed E-state index contributed by atoms with van der Waals surface area (Å²) in [7, 11) is 0. The van der Waals surface area contributed by atoms with Crippen molar-refractivity contribution in [2.45, 2.75) is 6.92 Å². The number of hydrogen-bond acceptors (Lipinski definition) is 3. The molecule has 2 aromatic rings. The van der Waals surface area contributed by atoms with Gasteiger partial charge in [0.15, 0.2) is 0 Å². The second kappa shape index (κ2) is 4.00. The molecule has 15 heavy (non-hydrogen) atoms. The van der Waals surface area contributed by atoms with Crippen LogP contribution in [0.2, 0.25) is 0 Å². The van der Waals surface area contributed by atoms with Crippen molar-refractivity contribution < 1.29 is 4.79 Å². The van der Waals surface area contributed by atoms with Crippen LogP contribution in [0.3, 0.4) is 0 Å². The number of ketones is 1. The second-order valence-corrected chi connectivity index (χ2v) is 3.29. The Morgan fingerprint density at radius 1 is 1.27 bits per heavy atom. The summed E-state index contributed by atoms with van der Waals surface area (Å²) >= 11 is 0. The van der Waals surface area contributed by atoms with Crippen LogP contribution in [0.25, 0.3) is 0 Å². The number of carbonyl (C=O) groups excluding carboxylic acids is 1. The molecule has 0 radical (unpaired) electrons. The van der Waals surface area contributed by atoms with E-state index < -0.39 is 0 Å². The number of nitrogens with zero attached hydrogens (tertiary/aromatic N) is 2. The Morgan fingerprint density at radius 3 is 2.80 bits per heavy atom. The van der Waals surface area contributed by atoms with Gasteiger partial charge in [-0.15, -0.1) is 0 Å². The first-order valence-electron chi connectivity index (χ1n) is 4.65. The van der Waals surface area contributed by atoms with Gasteiger partial charge in [-0.2, -0.15) is 0 Å². The van der Waals surface area contributed by atoms with E-state index in [1.807, 2.05) is 25.1 Å². The molecule has 1 heterocycles. The first-order valence-corrected chi connectivity index (χ1v) is 4.65. The molecule has 2 rings (SSSR count). The van der Waals surface area contributed by atoms with Crippen molar-refractivity contribution >= 4 is 5.78 Å². The van der Waals surface area contributed by atoms with E-state index in [0.717, 1.165) is 5.56 Å². The lowest BCUT2D eigenvalue weighted by Gasteiger charge is -2.00. The van der Waals surface area contributed by atoms with Crippen LogP contribution in [0.1, 0.15) is 21.6 Å². The van der Waals surface area contributed by atoms with E-state index >= 15 is 0 Å². The molecule has 0 saturated carbocycles. The van der Waals surface area contributed by atoms with Gasteiger partial charge in [0.05, 0.1) is 0 Å². The standard InChI is InChI=1S/C12H10N2O/c1-9-3-2-4-10(7-9)12(15)11-5-6-13-8-14-11/h2-8H,1H3. The van der Waals surface area contributed by atoms with Crippen molar-refractivity contribution in [3.8, 4) is 0 Å². The lowest BCUT2D eigenvalue weighted by Crippen LogP contribution is -2.03. The molecular weight excluding hydrogens is 188 g/mol. The van der Waals surface area contributed by atoms with Gasteiger partial charge in [-0.05, 0) is 19.1 Å². The first-order chi connectivity index (χ1) is 7.27. The molecule has 0 spiro atoms. The van der Waals surface area contributed by atoms with Crippen molar-refractivity contribution in [3.63, 3.8) is 0 Å². The Hall–Kier alpha value is -2.03. The van der Waals surface area contributed by atoms with Crippen LogP contribution in [-0.2, 0) is 0 Å². The molecule has 0 atom stereocenters. The smallest absolute Gasteiger partial charge is 0.211 e. The number of aryl methyl sites for hydroxylation is 1. The lowest BCUT2D eigenvalue weighted by molar-refractivity contribution is 0.103. The van der Waals surface area contributed by atoms with Gasteiger partial charge >= 0.3 is 0 Å². The molecule has 0 fully saturated rings. The van der Waals surface area contributed by atoms with E-state index in [9.17, 15) is 4.79 Å². The molecule has 0 aliphatic heterocycles. The minimum Gasteiger partial charge on any atom is -0.287 e. The minimum atomic E-state index is -0.0684. The third-order valence-electron chi connectivity index (χ3n) is 2.09. The number of hydrogen-bond donors (Lipinski definition) is 0. The van der Waals surface area contributed by atoms with Gasteiger partial charge in [0, 0.05) is 11.8 Å². The highest BCUT2D eigenvalue weighted by molar-refractivity contribution is 6.07. The van der Waals surface area contributed by atoms with Gasteiger partial charge in [-0.1, -0.05) is 23.8 Å². The minimum absolute atomic E-state index is 0.0684. The van der Waals surface area contributed by atoms with Gasteiger partial charge in [0.25, 0.3) is 0 Å². The summed E-state index contributed by atoms with van der Waals surface area (Å²) in [6, 6.07) is 9.08. The van der Waals surface area contributed by atoms with E-state index in [0.29, 0.717) is 11.3 Å². The van der Waals surface area contributed by atoms with Crippen LogP contribution in [-0.4, -0.2) is 15.8 Å². The van der Waals surface area contributed by atoms with Gasteiger partial charge in [-0.3, -0.25) is 4.79 Å². The van der Waals surface area contributed by atoms with E-state index in [-0.39, 0.29) is 5.78 Å². The lowest BCUT2D eigenvalue weighted by atomic mass is 10.1. The normalized spacial score (nSPS) is 9.93. The molecule has 0 aliphatic carbocycles. The summed E-state index contributed by atoms with van der Waals surface area (Å²) in [5, 5.41) is 0. The summed E-state index contributed by atoms with van der Waals surface area (Å²) < 4.78 is 0. The summed E-state index contributed by atoms with van der Waals surface area (Å²) in [4.78, 5) is 19.6. The van der Waals surface area contributed by atoms with Gasteiger partial charge in [-0.25, -0.2) is 9.97 Å². The Balaban J connectivity index is 2.37. The maximum absolute atomic E-state index is 11.9. The average molecular weight is 198 g/mol. The zero-order valence-electron chi connectivity index (χ0n) is 8.34. The third-order valence-corrected chi connectivity index (χ3v) is 2.09. The fourth-order valence-electron chi connectivity index (χ4n) is 1.36. The number of rotatable bonds is 2. The number of carbonyl (C=O) groups is 1. The fraction of sp³-hybridized carbons (Fsp3) is 0.0833. The number of benzene rings is 1. The van der Waals surface area contributed by atoms with Crippen molar-refractivity contribution in [2.24, 2.45) is 0 Å². The summed E-state index contributed by atoms with van der Waals surface area (Å²) in [6.45, 7) is 1.96. The van der Waals surface area contributed by atoms with E-state index in [4.69, 9.17) is 0 Å². The maximum Gasteiger partial charge on any atom is 0.211 e. The molecule has 0 bridgehead atoms. The fourth-order valence-corrected chi connectivity index (χ4v) is 1.36. The molecular formula is C12H10N2O. The predicted molar refractivity (Wildman–Crippen MR) is 56.6 cm³/mol. The quantitative estimate of drug-likeness (QED) is 0.693. The Kier molecular flexibility index (Phi) is 2.54. The van der Waals surface area contributed by atoms with E-state index in [1.54, 1.807) is 18.3 Å². The van der Waals surface area contributed by atoms with Crippen LogP contribution in [0, 0.1) is 6.92 Å². The van der Waals surface area contributed by atoms with Crippen molar-refractivity contribution in [3.05, 3.63) is 59.7 Å².